The monoisotopic (exact) mass is 332 g/mol. The summed E-state index contributed by atoms with van der Waals surface area (Å²) in [5, 5.41) is 5.28. The second-order valence-electron chi connectivity index (χ2n) is 5.44. The van der Waals surface area contributed by atoms with Crippen molar-refractivity contribution in [3.8, 4) is 0 Å². The smallest absolute Gasteiger partial charge is 0.242 e. The van der Waals surface area contributed by atoms with Gasteiger partial charge in [0.05, 0.1) is 6.10 Å². The van der Waals surface area contributed by atoms with E-state index >= 15 is 0 Å². The van der Waals surface area contributed by atoms with Gasteiger partial charge in [-0.25, -0.2) is 13.1 Å². The van der Waals surface area contributed by atoms with Gasteiger partial charge in [0, 0.05) is 30.6 Å². The van der Waals surface area contributed by atoms with Crippen LogP contribution in [0.4, 0.5) is 0 Å². The zero-order valence-corrected chi connectivity index (χ0v) is 14.4. The Kier molecular flexibility index (Phi) is 5.79. The highest BCUT2D eigenvalue weighted by molar-refractivity contribution is 7.89. The molecule has 1 heterocycles. The van der Waals surface area contributed by atoms with Crippen LogP contribution >= 0.6 is 11.3 Å². The van der Waals surface area contributed by atoms with E-state index in [1.807, 2.05) is 26.2 Å². The van der Waals surface area contributed by atoms with Crippen LogP contribution in [0.25, 0.3) is 0 Å². The topological polar surface area (TPSA) is 67.4 Å². The second-order valence-corrected chi connectivity index (χ2v) is 8.11. The lowest BCUT2D eigenvalue weighted by Crippen LogP contribution is -2.33. The van der Waals surface area contributed by atoms with Crippen LogP contribution in [0.1, 0.15) is 37.1 Å². The fraction of sp³-hybridized carbons (Fsp3) is 0.714. The summed E-state index contributed by atoms with van der Waals surface area (Å²) in [6, 6.07) is 0.564. The fourth-order valence-corrected chi connectivity index (χ4v) is 5.01. The highest BCUT2D eigenvalue weighted by Gasteiger charge is 2.26. The van der Waals surface area contributed by atoms with Gasteiger partial charge in [0.25, 0.3) is 0 Å². The van der Waals surface area contributed by atoms with Gasteiger partial charge >= 0.3 is 0 Å². The Balaban J connectivity index is 2.05. The summed E-state index contributed by atoms with van der Waals surface area (Å²) in [6.07, 6.45) is 2.25. The van der Waals surface area contributed by atoms with Gasteiger partial charge in [-0.05, 0) is 44.6 Å². The zero-order valence-electron chi connectivity index (χ0n) is 12.8. The van der Waals surface area contributed by atoms with Crippen LogP contribution in [-0.2, 0) is 21.3 Å². The van der Waals surface area contributed by atoms with Crippen molar-refractivity contribution in [1.29, 1.82) is 0 Å². The van der Waals surface area contributed by atoms with E-state index in [1.54, 1.807) is 0 Å². The summed E-state index contributed by atoms with van der Waals surface area (Å²) in [4.78, 5) is 1.32. The molecule has 120 valence electrons. The molecule has 0 bridgehead atoms. The Hall–Kier alpha value is -0.470. The minimum Gasteiger partial charge on any atom is -0.377 e. The number of nitrogens with one attached hydrogen (secondary N) is 2. The third-order valence-electron chi connectivity index (χ3n) is 3.40. The van der Waals surface area contributed by atoms with E-state index in [4.69, 9.17) is 4.74 Å². The lowest BCUT2D eigenvalue weighted by atomic mass is 10.3. The Bertz CT molecular complexity index is 565. The maximum atomic E-state index is 12.5. The van der Waals surface area contributed by atoms with Crippen LogP contribution in [0, 0.1) is 6.92 Å². The van der Waals surface area contributed by atoms with Crippen LogP contribution in [0.5, 0.6) is 0 Å². The van der Waals surface area contributed by atoms with E-state index in [2.05, 4.69) is 10.0 Å². The molecule has 0 aromatic carbocycles. The second kappa shape index (κ2) is 7.19. The third kappa shape index (κ3) is 4.75. The van der Waals surface area contributed by atoms with E-state index in [0.29, 0.717) is 30.6 Å². The van der Waals surface area contributed by atoms with Crippen molar-refractivity contribution in [1.82, 2.24) is 10.0 Å². The number of aryl methyl sites for hydroxylation is 1. The van der Waals surface area contributed by atoms with Gasteiger partial charge < -0.3 is 10.1 Å². The van der Waals surface area contributed by atoms with E-state index in [-0.39, 0.29) is 6.10 Å². The lowest BCUT2D eigenvalue weighted by Gasteiger charge is -2.14. The summed E-state index contributed by atoms with van der Waals surface area (Å²) in [7, 11) is -3.48. The number of ether oxygens (including phenoxy) is 1. The molecule has 1 aliphatic carbocycles. The molecule has 5 nitrogen and oxygen atoms in total. The van der Waals surface area contributed by atoms with Crippen LogP contribution in [0.2, 0.25) is 0 Å². The van der Waals surface area contributed by atoms with Gasteiger partial charge in [0.1, 0.15) is 4.90 Å². The maximum absolute atomic E-state index is 12.5. The first-order chi connectivity index (χ1) is 9.94. The summed E-state index contributed by atoms with van der Waals surface area (Å²) in [5.41, 5.74) is 0.809. The summed E-state index contributed by atoms with van der Waals surface area (Å²) < 4.78 is 33.1. The van der Waals surface area contributed by atoms with Crippen molar-refractivity contribution in [2.24, 2.45) is 0 Å². The minimum absolute atomic E-state index is 0.128. The molecule has 0 saturated heterocycles. The number of rotatable bonds is 9. The van der Waals surface area contributed by atoms with Crippen molar-refractivity contribution in [3.05, 3.63) is 15.8 Å². The molecule has 0 amide bonds. The lowest BCUT2D eigenvalue weighted by molar-refractivity contribution is 0.0799. The number of sulfonamides is 1. The normalized spacial score (nSPS) is 17.1. The van der Waals surface area contributed by atoms with E-state index < -0.39 is 10.0 Å². The van der Waals surface area contributed by atoms with Crippen LogP contribution in [0.3, 0.4) is 0 Å². The summed E-state index contributed by atoms with van der Waals surface area (Å²) in [5.74, 6) is 0. The van der Waals surface area contributed by atoms with Gasteiger partial charge in [-0.15, -0.1) is 11.3 Å². The molecule has 1 aromatic rings. The van der Waals surface area contributed by atoms with Crippen LogP contribution < -0.4 is 10.0 Å². The maximum Gasteiger partial charge on any atom is 0.242 e. The first kappa shape index (κ1) is 16.9. The van der Waals surface area contributed by atoms with E-state index in [9.17, 15) is 8.42 Å². The molecule has 1 unspecified atom stereocenters. The Morgan fingerprint density at radius 3 is 2.81 bits per heavy atom. The van der Waals surface area contributed by atoms with Gasteiger partial charge in [-0.2, -0.15) is 0 Å². The van der Waals surface area contributed by atoms with Gasteiger partial charge in [0.2, 0.25) is 10.0 Å². The molecule has 0 aliphatic heterocycles. The highest BCUT2D eigenvalue weighted by Crippen LogP contribution is 2.28. The number of hydrogen-bond donors (Lipinski definition) is 2. The number of thiophene rings is 1. The van der Waals surface area contributed by atoms with Gasteiger partial charge in [-0.1, -0.05) is 0 Å². The molecule has 1 atom stereocenters. The minimum atomic E-state index is -3.48. The first-order valence-electron chi connectivity index (χ1n) is 7.35. The predicted molar refractivity (Wildman–Crippen MR) is 85.2 cm³/mol. The molecule has 21 heavy (non-hydrogen) atoms. The average molecular weight is 332 g/mol. The van der Waals surface area contributed by atoms with Crippen molar-refractivity contribution in [3.63, 3.8) is 0 Å². The molecule has 1 aliphatic rings. The molecule has 1 aromatic heterocycles. The SMILES string of the molecule is CCOC(C)CNS(=O)(=O)c1c(C)csc1CNC1CC1. The Morgan fingerprint density at radius 1 is 1.48 bits per heavy atom. The Morgan fingerprint density at radius 2 is 2.19 bits per heavy atom. The zero-order chi connectivity index (χ0) is 15.5. The first-order valence-corrected chi connectivity index (χ1v) is 9.72. The molecular weight excluding hydrogens is 308 g/mol. The molecule has 2 N–H and O–H groups in total. The van der Waals surface area contributed by atoms with E-state index in [1.165, 1.54) is 24.2 Å². The quantitative estimate of drug-likeness (QED) is 0.726. The van der Waals surface area contributed by atoms with Crippen molar-refractivity contribution in [2.45, 2.75) is 57.2 Å². The van der Waals surface area contributed by atoms with Gasteiger partial charge in [0.15, 0.2) is 0 Å². The van der Waals surface area contributed by atoms with E-state index in [0.717, 1.165) is 10.4 Å². The third-order valence-corrected chi connectivity index (χ3v) is 6.28. The highest BCUT2D eigenvalue weighted by atomic mass is 32.2. The predicted octanol–water partition coefficient (Wildman–Crippen LogP) is 2.01. The van der Waals surface area contributed by atoms with Crippen molar-refractivity contribution < 1.29 is 13.2 Å². The molecular formula is C14H24N2O3S2. The largest absolute Gasteiger partial charge is 0.377 e. The Labute approximate surface area is 131 Å². The molecule has 0 radical (unpaired) electrons. The molecule has 7 heteroatoms. The van der Waals surface area contributed by atoms with Crippen molar-refractivity contribution in [2.75, 3.05) is 13.2 Å². The molecule has 1 fully saturated rings. The van der Waals surface area contributed by atoms with Crippen LogP contribution in [0.15, 0.2) is 10.3 Å². The summed E-state index contributed by atoms with van der Waals surface area (Å²) in [6.45, 7) is 7.10. The standard InChI is InChI=1S/C14H24N2O3S2/c1-4-19-11(3)7-16-21(17,18)14-10(2)9-20-13(14)8-15-12-5-6-12/h9,11-12,15-16H,4-8H2,1-3H3. The van der Waals surface area contributed by atoms with Gasteiger partial charge in [-0.3, -0.25) is 0 Å². The number of hydrogen-bond acceptors (Lipinski definition) is 5. The molecule has 1 saturated carbocycles. The van der Waals surface area contributed by atoms with Crippen molar-refractivity contribution >= 4 is 21.4 Å². The fourth-order valence-electron chi connectivity index (χ4n) is 2.14. The summed E-state index contributed by atoms with van der Waals surface area (Å²) >= 11 is 1.50. The molecule has 0 spiro atoms. The molecule has 2 rings (SSSR count). The van der Waals surface area contributed by atoms with Crippen LogP contribution in [-0.4, -0.2) is 33.7 Å². The average Bonchev–Trinajstić information content (AvgIpc) is 3.17.